The Morgan fingerprint density at radius 3 is 2.22 bits per heavy atom. The van der Waals surface area contributed by atoms with E-state index in [1.165, 1.54) is 4.31 Å². The lowest BCUT2D eigenvalue weighted by Gasteiger charge is -2.25. The second kappa shape index (κ2) is 12.5. The minimum absolute atomic E-state index is 0. The minimum Gasteiger partial charge on any atom is -0.384 e. The van der Waals surface area contributed by atoms with Gasteiger partial charge >= 0.3 is 0 Å². The van der Waals surface area contributed by atoms with Gasteiger partial charge in [0.1, 0.15) is 5.60 Å². The summed E-state index contributed by atoms with van der Waals surface area (Å²) in [4.78, 5) is 4.82. The van der Waals surface area contributed by atoms with Crippen molar-refractivity contribution in [1.29, 1.82) is 0 Å². The number of hydrogen-bond donors (Lipinski definition) is 3. The maximum atomic E-state index is 12.6. The number of hydrogen-bond acceptors (Lipinski definition) is 4. The van der Waals surface area contributed by atoms with Gasteiger partial charge in [0.15, 0.2) is 5.96 Å². The average Bonchev–Trinajstić information content (AvgIpc) is 2.76. The highest BCUT2D eigenvalue weighted by atomic mass is 127. The molecule has 0 bridgehead atoms. The lowest BCUT2D eigenvalue weighted by molar-refractivity contribution is 0.0617. The molecule has 178 valence electrons. The molecule has 0 spiro atoms. The van der Waals surface area contributed by atoms with Gasteiger partial charge in [-0.25, -0.2) is 13.4 Å². The van der Waals surface area contributed by atoms with E-state index in [4.69, 9.17) is 0 Å². The Balaban J connectivity index is 0.00000512. The van der Waals surface area contributed by atoms with Gasteiger partial charge < -0.3 is 15.7 Å². The van der Waals surface area contributed by atoms with Crippen LogP contribution in [-0.4, -0.2) is 50.0 Å². The zero-order chi connectivity index (χ0) is 23.1. The van der Waals surface area contributed by atoms with Gasteiger partial charge in [0.25, 0.3) is 0 Å². The van der Waals surface area contributed by atoms with Crippen LogP contribution in [0.1, 0.15) is 38.8 Å². The van der Waals surface area contributed by atoms with Crippen molar-refractivity contribution in [3.63, 3.8) is 0 Å². The van der Waals surface area contributed by atoms with Crippen molar-refractivity contribution < 1.29 is 13.5 Å². The van der Waals surface area contributed by atoms with E-state index in [0.29, 0.717) is 25.6 Å². The summed E-state index contributed by atoms with van der Waals surface area (Å²) in [6.07, 6.45) is 0. The Bertz CT molecular complexity index is 962. The molecule has 7 nitrogen and oxygen atoms in total. The number of aliphatic imine (C=N–C) groups is 1. The molecule has 3 N–H and O–H groups in total. The first-order chi connectivity index (χ1) is 14.6. The van der Waals surface area contributed by atoms with Crippen LogP contribution >= 0.6 is 24.0 Å². The van der Waals surface area contributed by atoms with Crippen LogP contribution in [0.2, 0.25) is 0 Å². The number of benzene rings is 2. The average molecular weight is 575 g/mol. The number of rotatable bonds is 9. The summed E-state index contributed by atoms with van der Waals surface area (Å²) in [5, 5.41) is 17.1. The van der Waals surface area contributed by atoms with E-state index in [1.807, 2.05) is 51.1 Å². The summed E-state index contributed by atoms with van der Waals surface area (Å²) >= 11 is 0. The monoisotopic (exact) mass is 574 g/mol. The lowest BCUT2D eigenvalue weighted by atomic mass is 9.96. The molecule has 0 aromatic heterocycles. The molecule has 0 aliphatic rings. The molecule has 0 saturated carbocycles. The first-order valence-electron chi connectivity index (χ1n) is 10.4. The zero-order valence-electron chi connectivity index (χ0n) is 19.4. The molecule has 0 fully saturated rings. The molecule has 0 aliphatic carbocycles. The van der Waals surface area contributed by atoms with Gasteiger partial charge in [-0.1, -0.05) is 42.5 Å². The van der Waals surface area contributed by atoms with Crippen LogP contribution in [0.3, 0.4) is 0 Å². The first-order valence-corrected chi connectivity index (χ1v) is 11.9. The molecule has 2 rings (SSSR count). The van der Waals surface area contributed by atoms with Crippen molar-refractivity contribution >= 4 is 40.0 Å². The Morgan fingerprint density at radius 1 is 1.09 bits per heavy atom. The van der Waals surface area contributed by atoms with Crippen molar-refractivity contribution in [2.45, 2.75) is 50.8 Å². The van der Waals surface area contributed by atoms with Gasteiger partial charge in [-0.3, -0.25) is 0 Å². The summed E-state index contributed by atoms with van der Waals surface area (Å²) in [7, 11) is -1.92. The Kier molecular flexibility index (Phi) is 11.1. The Hall–Kier alpha value is -1.69. The van der Waals surface area contributed by atoms with Crippen molar-refractivity contribution in [1.82, 2.24) is 14.9 Å². The van der Waals surface area contributed by atoms with E-state index in [2.05, 4.69) is 15.6 Å². The van der Waals surface area contributed by atoms with Crippen molar-refractivity contribution in [2.24, 2.45) is 4.99 Å². The Morgan fingerprint density at radius 2 is 1.69 bits per heavy atom. The predicted molar refractivity (Wildman–Crippen MR) is 141 cm³/mol. The zero-order valence-corrected chi connectivity index (χ0v) is 22.5. The number of guanidine groups is 1. The topological polar surface area (TPSA) is 94.0 Å². The number of aliphatic hydroxyl groups is 1. The normalized spacial score (nSPS) is 14.1. The minimum atomic E-state index is -3.50. The van der Waals surface area contributed by atoms with Crippen LogP contribution in [-0.2, 0) is 22.2 Å². The molecule has 0 aliphatic heterocycles. The maximum Gasteiger partial charge on any atom is 0.243 e. The van der Waals surface area contributed by atoms with Gasteiger partial charge in [-0.15, -0.1) is 24.0 Å². The summed E-state index contributed by atoms with van der Waals surface area (Å²) in [6.45, 7) is 8.75. The Labute approximate surface area is 209 Å². The van der Waals surface area contributed by atoms with E-state index in [-0.39, 0.29) is 34.9 Å². The predicted octanol–water partition coefficient (Wildman–Crippen LogP) is 3.30. The molecule has 0 amide bonds. The highest BCUT2D eigenvalue weighted by molar-refractivity contribution is 14.0. The summed E-state index contributed by atoms with van der Waals surface area (Å²) in [5.74, 6) is 0.579. The summed E-state index contributed by atoms with van der Waals surface area (Å²) < 4.78 is 26.5. The molecule has 32 heavy (non-hydrogen) atoms. The number of nitrogens with one attached hydrogen (secondary N) is 2. The van der Waals surface area contributed by atoms with Gasteiger partial charge in [0, 0.05) is 19.6 Å². The lowest BCUT2D eigenvalue weighted by Crippen LogP contribution is -2.44. The van der Waals surface area contributed by atoms with Crippen LogP contribution < -0.4 is 10.6 Å². The maximum absolute atomic E-state index is 12.6. The molecule has 2 aromatic carbocycles. The first kappa shape index (κ1) is 28.3. The number of sulfonamides is 1. The molecule has 0 radical (unpaired) electrons. The van der Waals surface area contributed by atoms with Crippen LogP contribution in [0, 0.1) is 0 Å². The van der Waals surface area contributed by atoms with E-state index in [0.717, 1.165) is 11.1 Å². The highest BCUT2D eigenvalue weighted by Gasteiger charge is 2.24. The van der Waals surface area contributed by atoms with Crippen LogP contribution in [0.15, 0.2) is 64.5 Å². The number of nitrogens with zero attached hydrogens (tertiary/aromatic N) is 2. The highest BCUT2D eigenvalue weighted by Crippen LogP contribution is 2.19. The second-order valence-electron chi connectivity index (χ2n) is 7.95. The third-order valence-corrected chi connectivity index (χ3v) is 7.14. The van der Waals surface area contributed by atoms with Crippen molar-refractivity contribution in [3.8, 4) is 0 Å². The largest absolute Gasteiger partial charge is 0.384 e. The van der Waals surface area contributed by atoms with Gasteiger partial charge in [-0.2, -0.15) is 4.31 Å². The standard InChI is InChI=1S/C23H34N4O3S.HI/c1-6-24-22(26-17-23(4,28)20-10-8-7-9-11-20)25-16-19-12-14-21(15-13-19)31(29,30)27(5)18(2)3;/h7-15,18,28H,6,16-17H2,1-5H3,(H2,24,25,26);1H. The van der Waals surface area contributed by atoms with Crippen molar-refractivity contribution in [3.05, 3.63) is 65.7 Å². The molecular formula is C23H35IN4O3S. The SMILES string of the molecule is CCNC(=NCc1ccc(S(=O)(=O)N(C)C(C)C)cc1)NCC(C)(O)c1ccccc1.I. The quantitative estimate of drug-likeness (QED) is 0.243. The van der Waals surface area contributed by atoms with Crippen LogP contribution in [0.4, 0.5) is 0 Å². The van der Waals surface area contributed by atoms with Crippen LogP contribution in [0.25, 0.3) is 0 Å². The molecule has 0 saturated heterocycles. The third kappa shape index (κ3) is 7.72. The van der Waals surface area contributed by atoms with Gasteiger partial charge in [0.2, 0.25) is 10.0 Å². The molecule has 2 aromatic rings. The molecular weight excluding hydrogens is 539 g/mol. The molecule has 9 heteroatoms. The van der Waals surface area contributed by atoms with Gasteiger partial charge in [-0.05, 0) is 51.0 Å². The van der Waals surface area contributed by atoms with E-state index < -0.39 is 15.6 Å². The van der Waals surface area contributed by atoms with E-state index >= 15 is 0 Å². The summed E-state index contributed by atoms with van der Waals surface area (Å²) in [5.41, 5.74) is 0.662. The fourth-order valence-electron chi connectivity index (χ4n) is 2.88. The summed E-state index contributed by atoms with van der Waals surface area (Å²) in [6, 6.07) is 16.1. The smallest absolute Gasteiger partial charge is 0.243 e. The number of halogens is 1. The van der Waals surface area contributed by atoms with Crippen LogP contribution in [0.5, 0.6) is 0 Å². The second-order valence-corrected chi connectivity index (χ2v) is 9.95. The molecule has 1 unspecified atom stereocenters. The van der Waals surface area contributed by atoms with E-state index in [9.17, 15) is 13.5 Å². The van der Waals surface area contributed by atoms with Crippen molar-refractivity contribution in [2.75, 3.05) is 20.1 Å². The third-order valence-electron chi connectivity index (χ3n) is 5.09. The fraction of sp³-hybridized carbons (Fsp3) is 0.435. The van der Waals surface area contributed by atoms with E-state index in [1.54, 1.807) is 38.2 Å². The van der Waals surface area contributed by atoms with Gasteiger partial charge in [0.05, 0.1) is 18.0 Å². The molecule has 1 atom stereocenters. The molecule has 0 heterocycles. The fourth-order valence-corrected chi connectivity index (χ4v) is 4.25.